The standard InChI is InChI=1S/C18H22F3N5O/c1-10-5-12(18(19,20)21)7-15(27)16(10)14-6-11(8-22)17(26-25-14)24-13-3-2-4-23-9-13/h5-7,13,23,27H,2-4,8-9,22H2,1H3,(H,24,26). The molecule has 27 heavy (non-hydrogen) atoms. The number of piperidine rings is 1. The van der Waals surface area contributed by atoms with Crippen molar-refractivity contribution in [2.45, 2.75) is 38.5 Å². The number of aromatic nitrogens is 2. The highest BCUT2D eigenvalue weighted by atomic mass is 19.4. The van der Waals surface area contributed by atoms with Crippen LogP contribution in [0.25, 0.3) is 11.3 Å². The zero-order valence-corrected chi connectivity index (χ0v) is 14.9. The van der Waals surface area contributed by atoms with E-state index in [4.69, 9.17) is 5.73 Å². The Kier molecular flexibility index (Phi) is 5.52. The van der Waals surface area contributed by atoms with Crippen LogP contribution in [0.15, 0.2) is 18.2 Å². The van der Waals surface area contributed by atoms with E-state index in [0.717, 1.165) is 32.0 Å². The number of halogens is 3. The summed E-state index contributed by atoms with van der Waals surface area (Å²) in [5.74, 6) is 0.0655. The molecule has 1 unspecified atom stereocenters. The summed E-state index contributed by atoms with van der Waals surface area (Å²) in [7, 11) is 0. The number of aromatic hydroxyl groups is 1. The number of phenols is 1. The van der Waals surface area contributed by atoms with Crippen LogP contribution in [-0.2, 0) is 12.7 Å². The Balaban J connectivity index is 1.93. The van der Waals surface area contributed by atoms with Gasteiger partial charge in [-0.05, 0) is 50.1 Å². The molecule has 9 heteroatoms. The van der Waals surface area contributed by atoms with E-state index in [-0.39, 0.29) is 29.4 Å². The zero-order chi connectivity index (χ0) is 19.6. The molecule has 1 aliphatic heterocycles. The van der Waals surface area contributed by atoms with Crippen molar-refractivity contribution >= 4 is 5.82 Å². The van der Waals surface area contributed by atoms with Crippen molar-refractivity contribution in [1.29, 1.82) is 0 Å². The molecular formula is C18H22F3N5O. The van der Waals surface area contributed by atoms with Gasteiger partial charge in [0.2, 0.25) is 0 Å². The maximum atomic E-state index is 12.9. The van der Waals surface area contributed by atoms with Crippen molar-refractivity contribution in [2.24, 2.45) is 5.73 Å². The van der Waals surface area contributed by atoms with Crippen LogP contribution < -0.4 is 16.4 Å². The Morgan fingerprint density at radius 1 is 1.30 bits per heavy atom. The van der Waals surface area contributed by atoms with Gasteiger partial charge in [0.05, 0.1) is 11.3 Å². The molecule has 1 aromatic heterocycles. The van der Waals surface area contributed by atoms with Gasteiger partial charge >= 0.3 is 6.18 Å². The highest BCUT2D eigenvalue weighted by molar-refractivity contribution is 5.72. The number of hydrogen-bond acceptors (Lipinski definition) is 6. The minimum atomic E-state index is -4.53. The van der Waals surface area contributed by atoms with Gasteiger partial charge in [-0.3, -0.25) is 0 Å². The Morgan fingerprint density at radius 3 is 2.67 bits per heavy atom. The Labute approximate surface area is 155 Å². The number of rotatable bonds is 4. The van der Waals surface area contributed by atoms with Crippen molar-refractivity contribution in [2.75, 3.05) is 18.4 Å². The van der Waals surface area contributed by atoms with Crippen molar-refractivity contribution in [1.82, 2.24) is 15.5 Å². The quantitative estimate of drug-likeness (QED) is 0.651. The molecule has 1 atom stereocenters. The van der Waals surface area contributed by atoms with E-state index in [9.17, 15) is 18.3 Å². The predicted octanol–water partition coefficient (Wildman–Crippen LogP) is 2.80. The summed E-state index contributed by atoms with van der Waals surface area (Å²) < 4.78 is 38.7. The van der Waals surface area contributed by atoms with E-state index in [1.54, 1.807) is 6.07 Å². The summed E-state index contributed by atoms with van der Waals surface area (Å²) in [6, 6.07) is 3.55. The Bertz CT molecular complexity index is 796. The second-order valence-corrected chi connectivity index (χ2v) is 6.68. The smallest absolute Gasteiger partial charge is 0.416 e. The molecule has 2 heterocycles. The fraction of sp³-hybridized carbons (Fsp3) is 0.444. The number of hydrogen-bond donors (Lipinski definition) is 4. The highest BCUT2D eigenvalue weighted by Gasteiger charge is 2.32. The molecule has 2 aromatic rings. The molecule has 1 fully saturated rings. The van der Waals surface area contributed by atoms with E-state index < -0.39 is 17.5 Å². The van der Waals surface area contributed by atoms with Crippen LogP contribution >= 0.6 is 0 Å². The minimum Gasteiger partial charge on any atom is -0.507 e. The summed E-state index contributed by atoms with van der Waals surface area (Å²) in [6.07, 6.45) is -2.48. The molecule has 0 aliphatic carbocycles. The van der Waals surface area contributed by atoms with Crippen LogP contribution in [0, 0.1) is 6.92 Å². The highest BCUT2D eigenvalue weighted by Crippen LogP contribution is 2.38. The lowest BCUT2D eigenvalue weighted by Crippen LogP contribution is -2.39. The van der Waals surface area contributed by atoms with Crippen LogP contribution in [0.2, 0.25) is 0 Å². The molecule has 0 amide bonds. The first-order valence-corrected chi connectivity index (χ1v) is 8.74. The summed E-state index contributed by atoms with van der Waals surface area (Å²) in [4.78, 5) is 0. The van der Waals surface area contributed by atoms with Crippen molar-refractivity contribution < 1.29 is 18.3 Å². The third-order valence-electron chi connectivity index (χ3n) is 4.63. The van der Waals surface area contributed by atoms with E-state index in [0.29, 0.717) is 17.4 Å². The van der Waals surface area contributed by atoms with Gasteiger partial charge in [0.25, 0.3) is 0 Å². The normalized spacial score (nSPS) is 17.7. The molecule has 0 saturated carbocycles. The SMILES string of the molecule is Cc1cc(C(F)(F)F)cc(O)c1-c1cc(CN)c(NC2CCCNC2)nn1. The van der Waals surface area contributed by atoms with Gasteiger partial charge in [0.15, 0.2) is 5.82 Å². The van der Waals surface area contributed by atoms with Gasteiger partial charge in [-0.15, -0.1) is 10.2 Å². The third kappa shape index (κ3) is 4.30. The molecule has 6 nitrogen and oxygen atoms in total. The zero-order valence-electron chi connectivity index (χ0n) is 14.9. The second kappa shape index (κ2) is 7.69. The van der Waals surface area contributed by atoms with Crippen LogP contribution in [0.1, 0.15) is 29.5 Å². The van der Waals surface area contributed by atoms with Gasteiger partial charge in [-0.1, -0.05) is 0 Å². The largest absolute Gasteiger partial charge is 0.507 e. The van der Waals surface area contributed by atoms with Gasteiger partial charge in [-0.25, -0.2) is 0 Å². The van der Waals surface area contributed by atoms with Gasteiger partial charge in [-0.2, -0.15) is 13.2 Å². The summed E-state index contributed by atoms with van der Waals surface area (Å²) in [5, 5.41) is 25.0. The average molecular weight is 381 g/mol. The Hall–Kier alpha value is -2.39. The molecule has 1 saturated heterocycles. The van der Waals surface area contributed by atoms with Crippen LogP contribution in [0.5, 0.6) is 5.75 Å². The van der Waals surface area contributed by atoms with E-state index >= 15 is 0 Å². The molecule has 3 rings (SSSR count). The first-order valence-electron chi connectivity index (χ1n) is 8.74. The van der Waals surface area contributed by atoms with Gasteiger partial charge in [0.1, 0.15) is 5.75 Å². The van der Waals surface area contributed by atoms with Crippen molar-refractivity contribution in [3.05, 3.63) is 34.9 Å². The number of phenolic OH excluding ortho intramolecular Hbond substituents is 1. The van der Waals surface area contributed by atoms with Crippen LogP contribution in [0.4, 0.5) is 19.0 Å². The number of anilines is 1. The number of alkyl halides is 3. The summed E-state index contributed by atoms with van der Waals surface area (Å²) >= 11 is 0. The molecule has 0 radical (unpaired) electrons. The first kappa shape index (κ1) is 19.4. The third-order valence-corrected chi connectivity index (χ3v) is 4.63. The first-order chi connectivity index (χ1) is 12.8. The van der Waals surface area contributed by atoms with Crippen molar-refractivity contribution in [3.8, 4) is 17.0 Å². The van der Waals surface area contributed by atoms with Crippen molar-refractivity contribution in [3.63, 3.8) is 0 Å². The second-order valence-electron chi connectivity index (χ2n) is 6.68. The fourth-order valence-corrected chi connectivity index (χ4v) is 3.26. The number of nitrogens with zero attached hydrogens (tertiary/aromatic N) is 2. The van der Waals surface area contributed by atoms with E-state index in [1.165, 1.54) is 6.92 Å². The lowest BCUT2D eigenvalue weighted by molar-refractivity contribution is -0.137. The fourth-order valence-electron chi connectivity index (χ4n) is 3.26. The minimum absolute atomic E-state index is 0.186. The number of benzene rings is 1. The lowest BCUT2D eigenvalue weighted by Gasteiger charge is -2.25. The molecule has 146 valence electrons. The van der Waals surface area contributed by atoms with E-state index in [1.807, 2.05) is 0 Å². The topological polar surface area (TPSA) is 96.1 Å². The molecule has 5 N–H and O–H groups in total. The summed E-state index contributed by atoms with van der Waals surface area (Å²) in [6.45, 7) is 3.48. The van der Waals surface area contributed by atoms with E-state index in [2.05, 4.69) is 20.8 Å². The van der Waals surface area contributed by atoms with Gasteiger partial charge < -0.3 is 21.5 Å². The lowest BCUT2D eigenvalue weighted by atomic mass is 9.99. The van der Waals surface area contributed by atoms with Crippen LogP contribution in [-0.4, -0.2) is 34.4 Å². The average Bonchev–Trinajstić information content (AvgIpc) is 2.62. The number of nitrogens with one attached hydrogen (secondary N) is 2. The molecule has 0 bridgehead atoms. The molecular weight excluding hydrogens is 359 g/mol. The monoisotopic (exact) mass is 381 g/mol. The predicted molar refractivity (Wildman–Crippen MR) is 96.3 cm³/mol. The Morgan fingerprint density at radius 2 is 2.07 bits per heavy atom. The molecule has 1 aliphatic rings. The van der Waals surface area contributed by atoms with Gasteiger partial charge in [0, 0.05) is 30.3 Å². The number of nitrogens with two attached hydrogens (primary N) is 1. The maximum absolute atomic E-state index is 12.9. The maximum Gasteiger partial charge on any atom is 0.416 e. The molecule has 0 spiro atoms. The molecule has 1 aromatic carbocycles. The summed E-state index contributed by atoms with van der Waals surface area (Å²) in [5.41, 5.74) is 6.37. The van der Waals surface area contributed by atoms with Crippen LogP contribution in [0.3, 0.4) is 0 Å². The number of aryl methyl sites for hydroxylation is 1.